The van der Waals surface area contributed by atoms with E-state index < -0.39 is 0 Å². The molecule has 0 bridgehead atoms. The zero-order valence-corrected chi connectivity index (χ0v) is 57.4. The van der Waals surface area contributed by atoms with Crippen molar-refractivity contribution in [3.63, 3.8) is 0 Å². The summed E-state index contributed by atoms with van der Waals surface area (Å²) in [6.07, 6.45) is 5.74. The zero-order valence-electron chi connectivity index (χ0n) is 50.8. The standard InChI is InChI=1S/C24H26ClN3O2.C22H25N3O.C11H14N2.C11H13NO2.CH4.2CH3.2W/c1-16-14-20-19-4-2-3-5-21(19)26-23(20)24(28(16)22(29)15-25)17-6-8-18(9-7-17)27-10-12-30-13-11-27;1-15-14-19-18-4-2-3-5-20(18)24-22(19)21(23-15)16-6-8-17(9-7-16)25-10-12-26-13-11-25;1-8(12)6-9-7-13-11-5-3-2-4-10(9)11;13-9-10-1-3-11(4-2-10)12-5-7-14-8-6-12;;;;;/h2-9,16,24,26H,10-15H2,1H3;2-9,15,21,23-24H,10-14H2,1H3;2-5,7-8,13H,6,12H2,1H3;1-4,9H,5-8H2;1H4;2*1H3;;/q;;;;;2*-1;;/t16-,24-;15-,21-;8-;;;;;;/m000....../s1. The first-order valence-electron chi connectivity index (χ1n) is 29.5. The maximum absolute atomic E-state index is 12.9. The number of hydrogen-bond acceptors (Lipinski definition) is 10. The third kappa shape index (κ3) is 16.5. The fourth-order valence-corrected chi connectivity index (χ4v) is 12.7. The number of nitrogens with one attached hydrogen (secondary N) is 4. The molecule has 5 aliphatic rings. The van der Waals surface area contributed by atoms with Crippen LogP contribution in [0.4, 0.5) is 17.1 Å². The second-order valence-electron chi connectivity index (χ2n) is 22.5. The summed E-state index contributed by atoms with van der Waals surface area (Å²) in [5, 5.41) is 7.68. The maximum Gasteiger partial charge on any atom is 0.238 e. The van der Waals surface area contributed by atoms with Gasteiger partial charge < -0.3 is 74.7 Å². The normalized spacial score (nSPS) is 18.9. The first-order valence-corrected chi connectivity index (χ1v) is 30.0. The largest absolute Gasteiger partial charge is 0.378 e. The van der Waals surface area contributed by atoms with Crippen LogP contribution in [0.2, 0.25) is 0 Å². The fraction of sp³-hybridized carbons (Fsp3) is 0.352. The summed E-state index contributed by atoms with van der Waals surface area (Å²) in [5.41, 5.74) is 22.6. The van der Waals surface area contributed by atoms with E-state index in [0.29, 0.717) is 6.04 Å². The van der Waals surface area contributed by atoms with Gasteiger partial charge >= 0.3 is 0 Å². The first kappa shape index (κ1) is 71.0. The minimum atomic E-state index is -0.166. The van der Waals surface area contributed by atoms with Crippen LogP contribution in [-0.2, 0) is 80.4 Å². The van der Waals surface area contributed by atoms with Crippen molar-refractivity contribution in [1.82, 2.24) is 25.2 Å². The zero-order chi connectivity index (χ0) is 57.2. The third-order valence-corrected chi connectivity index (χ3v) is 16.9. The van der Waals surface area contributed by atoms with E-state index in [0.717, 1.165) is 127 Å². The van der Waals surface area contributed by atoms with Gasteiger partial charge in [-0.05, 0) is 135 Å². The Kier molecular flexibility index (Phi) is 27.2. The summed E-state index contributed by atoms with van der Waals surface area (Å²) < 4.78 is 16.2. The molecule has 468 valence electrons. The van der Waals surface area contributed by atoms with Crippen LogP contribution in [0.5, 0.6) is 0 Å². The SMILES string of the molecule is C.C[C@H](N)Cc1c[nH]c2ccccc12.C[C@H]1Cc2c([nH]c3ccccc23)[C@H](c2ccc(N3CCOCC3)cc2)N1.C[C@H]1Cc2c([nH]c3ccccc23)[C@H](c2ccc(N3CCOCC3)cc2)N1C(=O)CCl.O=Cc1ccc(N2CCOCC2)cc1.[CH3-].[CH3-].[W].[W]. The van der Waals surface area contributed by atoms with E-state index in [1.54, 1.807) is 0 Å². The molecule has 3 saturated heterocycles. The van der Waals surface area contributed by atoms with Crippen LogP contribution in [0.1, 0.15) is 89.8 Å². The van der Waals surface area contributed by atoms with E-state index in [9.17, 15) is 9.59 Å². The summed E-state index contributed by atoms with van der Waals surface area (Å²) in [4.78, 5) is 42.8. The van der Waals surface area contributed by atoms with Gasteiger partial charge in [0.25, 0.3) is 0 Å². The van der Waals surface area contributed by atoms with Crippen LogP contribution in [0.15, 0.2) is 152 Å². The van der Waals surface area contributed by atoms with Gasteiger partial charge in [0, 0.05) is 172 Å². The number of benzene rings is 6. The van der Waals surface area contributed by atoms with Gasteiger partial charge in [-0.1, -0.05) is 86.3 Å². The van der Waals surface area contributed by atoms with Gasteiger partial charge in [-0.25, -0.2) is 0 Å². The van der Waals surface area contributed by atoms with Crippen LogP contribution < -0.4 is 25.8 Å². The Bertz CT molecular complexity index is 3570. The van der Waals surface area contributed by atoms with Crippen LogP contribution in [0.25, 0.3) is 32.7 Å². The number of aromatic amines is 3. The number of carbonyl (C=O) groups excluding carboxylic acids is 2. The topological polar surface area (TPSA) is 160 Å². The molecule has 3 fully saturated rings. The molecule has 0 radical (unpaired) electrons. The average molecular weight is 1550 g/mol. The molecule has 9 aromatic rings. The van der Waals surface area contributed by atoms with Crippen molar-refractivity contribution in [1.29, 1.82) is 0 Å². The Morgan fingerprint density at radius 3 is 1.51 bits per heavy atom. The monoisotopic (exact) mass is 1550 g/mol. The molecule has 14 rings (SSSR count). The maximum atomic E-state index is 12.9. The summed E-state index contributed by atoms with van der Waals surface area (Å²) in [5.74, 6) is -0.0434. The van der Waals surface area contributed by atoms with Crippen molar-refractivity contribution >= 4 is 73.6 Å². The number of ether oxygens (including phenoxy) is 3. The van der Waals surface area contributed by atoms with Crippen molar-refractivity contribution in [3.05, 3.63) is 211 Å². The predicted octanol–water partition coefficient (Wildman–Crippen LogP) is 12.7. The van der Waals surface area contributed by atoms with Gasteiger partial charge in [-0.2, -0.15) is 0 Å². The van der Waals surface area contributed by atoms with Gasteiger partial charge in [0.2, 0.25) is 5.91 Å². The molecule has 5 aliphatic heterocycles. The van der Waals surface area contributed by atoms with E-state index in [1.807, 2.05) is 54.4 Å². The number of H-pyrrole nitrogens is 3. The third-order valence-electron chi connectivity index (χ3n) is 16.7. The molecule has 0 aliphatic carbocycles. The molecule has 3 aromatic heterocycles. The molecule has 5 atom stereocenters. The minimum Gasteiger partial charge on any atom is -0.378 e. The van der Waals surface area contributed by atoms with Crippen LogP contribution in [-0.4, -0.2) is 135 Å². The molecule has 14 nitrogen and oxygen atoms in total. The molecule has 88 heavy (non-hydrogen) atoms. The summed E-state index contributed by atoms with van der Waals surface area (Å²) >= 11 is 6.02. The first-order chi connectivity index (χ1) is 40.6. The predicted molar refractivity (Wildman–Crippen MR) is 356 cm³/mol. The number of nitrogens with two attached hydrogens (primary N) is 1. The minimum absolute atomic E-state index is 0. The molecule has 1 amide bonds. The van der Waals surface area contributed by atoms with Crippen LogP contribution in [0.3, 0.4) is 0 Å². The van der Waals surface area contributed by atoms with E-state index in [4.69, 9.17) is 31.5 Å². The number of hydrogen-bond donors (Lipinski definition) is 5. The molecule has 0 spiro atoms. The average Bonchev–Trinajstić information content (AvgIpc) is 2.04. The van der Waals surface area contributed by atoms with Gasteiger partial charge in [-0.15, -0.1) is 11.6 Å². The number of rotatable bonds is 9. The molecule has 0 unspecified atom stereocenters. The molecule has 0 saturated carbocycles. The van der Waals surface area contributed by atoms with Crippen molar-refractivity contribution in [3.8, 4) is 0 Å². The quantitative estimate of drug-likeness (QED) is 0.0535. The molecule has 6 aromatic carbocycles. The van der Waals surface area contributed by atoms with Gasteiger partial charge in [0.15, 0.2) is 0 Å². The molecule has 8 heterocycles. The van der Waals surface area contributed by atoms with E-state index in [-0.39, 0.29) is 100 Å². The Morgan fingerprint density at radius 1 is 0.602 bits per heavy atom. The Balaban J connectivity index is 0.000000194. The van der Waals surface area contributed by atoms with E-state index in [2.05, 4.69) is 158 Å². The molecular formula is C71H88ClN9O5W2-2. The van der Waals surface area contributed by atoms with Gasteiger partial charge in [-0.3, -0.25) is 9.59 Å². The molecule has 17 heteroatoms. The molecule has 6 N–H and O–H groups in total. The van der Waals surface area contributed by atoms with E-state index >= 15 is 0 Å². The molecular weight excluding hydrogens is 1460 g/mol. The number of amides is 1. The number of fused-ring (bicyclic) bond motifs is 7. The van der Waals surface area contributed by atoms with Crippen molar-refractivity contribution in [2.45, 2.75) is 77.7 Å². The number of aldehydes is 1. The summed E-state index contributed by atoms with van der Waals surface area (Å²) in [6.45, 7) is 16.8. The Morgan fingerprint density at radius 2 is 1.03 bits per heavy atom. The fourth-order valence-electron chi connectivity index (χ4n) is 12.6. The number of morpholine rings is 3. The van der Waals surface area contributed by atoms with Crippen LogP contribution >= 0.6 is 11.6 Å². The van der Waals surface area contributed by atoms with Gasteiger partial charge in [0.1, 0.15) is 12.2 Å². The number of nitrogens with zero attached hydrogens (tertiary/aromatic N) is 4. The summed E-state index contributed by atoms with van der Waals surface area (Å²) in [6, 6.07) is 51.5. The van der Waals surface area contributed by atoms with Crippen molar-refractivity contribution in [2.24, 2.45) is 5.73 Å². The van der Waals surface area contributed by atoms with Crippen molar-refractivity contribution < 1.29 is 65.9 Å². The van der Waals surface area contributed by atoms with Crippen molar-refractivity contribution in [2.75, 3.05) is 99.5 Å². The number of anilines is 3. The number of para-hydroxylation sites is 3. The van der Waals surface area contributed by atoms with Crippen LogP contribution in [0, 0.1) is 14.9 Å². The Labute approximate surface area is 555 Å². The van der Waals surface area contributed by atoms with Gasteiger partial charge in [0.05, 0.1) is 51.7 Å². The number of alkyl halides is 1. The number of aromatic nitrogens is 3. The smallest absolute Gasteiger partial charge is 0.238 e. The number of carbonyl (C=O) groups is 2. The summed E-state index contributed by atoms with van der Waals surface area (Å²) in [7, 11) is 0. The second-order valence-corrected chi connectivity index (χ2v) is 22.7. The van der Waals surface area contributed by atoms with E-state index in [1.165, 1.54) is 72.2 Å². The number of halogens is 1. The second kappa shape index (κ2) is 33.7. The Hall–Kier alpha value is -6.05.